The topological polar surface area (TPSA) is 21.1 Å². The lowest BCUT2D eigenvalue weighted by Crippen LogP contribution is -2.36. The van der Waals surface area contributed by atoms with E-state index < -0.39 is 12.7 Å². The summed E-state index contributed by atoms with van der Waals surface area (Å²) in [5.41, 5.74) is 1.58. The first-order chi connectivity index (χ1) is 9.83. The Morgan fingerprint density at radius 3 is 2.71 bits per heavy atom. The van der Waals surface area contributed by atoms with Crippen molar-refractivity contribution in [1.29, 1.82) is 0 Å². The van der Waals surface area contributed by atoms with Crippen molar-refractivity contribution in [3.05, 3.63) is 29.0 Å². The zero-order valence-electron chi connectivity index (χ0n) is 11.5. The molecule has 2 aromatic rings. The Bertz CT molecular complexity index is 661. The summed E-state index contributed by atoms with van der Waals surface area (Å²) in [7, 11) is 1.82. The predicted molar refractivity (Wildman–Crippen MR) is 75.2 cm³/mol. The first-order valence-electron chi connectivity index (χ1n) is 6.75. The van der Waals surface area contributed by atoms with E-state index in [2.05, 4.69) is 4.98 Å². The molecule has 1 aromatic carbocycles. The van der Waals surface area contributed by atoms with Crippen LogP contribution in [0.25, 0.3) is 11.0 Å². The molecule has 0 aliphatic heterocycles. The number of alkyl halides is 3. The molecular weight excluding hydrogens is 303 g/mol. The fourth-order valence-electron chi connectivity index (χ4n) is 2.53. The van der Waals surface area contributed by atoms with E-state index in [9.17, 15) is 13.2 Å². The first kappa shape index (κ1) is 14.7. The molecule has 1 fully saturated rings. The minimum absolute atomic E-state index is 0.0232. The van der Waals surface area contributed by atoms with Crippen LogP contribution in [0.3, 0.4) is 0 Å². The van der Waals surface area contributed by atoms with Crippen molar-refractivity contribution in [1.82, 2.24) is 14.5 Å². The highest BCUT2D eigenvalue weighted by atomic mass is 35.5. The van der Waals surface area contributed by atoms with Crippen LogP contribution < -0.4 is 0 Å². The van der Waals surface area contributed by atoms with Gasteiger partial charge in [0.1, 0.15) is 5.82 Å². The Labute approximate surface area is 125 Å². The van der Waals surface area contributed by atoms with Gasteiger partial charge < -0.3 is 4.57 Å². The fourth-order valence-corrected chi connectivity index (χ4v) is 2.70. The molecule has 0 saturated heterocycles. The fraction of sp³-hybridized carbons (Fsp3) is 0.500. The molecule has 0 spiro atoms. The highest BCUT2D eigenvalue weighted by molar-refractivity contribution is 6.31. The minimum Gasteiger partial charge on any atom is -0.330 e. The molecule has 7 heteroatoms. The predicted octanol–water partition coefficient (Wildman–Crippen LogP) is 3.75. The molecule has 0 N–H and O–H groups in total. The van der Waals surface area contributed by atoms with Crippen LogP contribution in [0.2, 0.25) is 5.02 Å². The number of hydrogen-bond acceptors (Lipinski definition) is 2. The van der Waals surface area contributed by atoms with Crippen molar-refractivity contribution in [3.63, 3.8) is 0 Å². The summed E-state index contributed by atoms with van der Waals surface area (Å²) in [5.74, 6) is 0.628. The zero-order valence-corrected chi connectivity index (χ0v) is 12.2. The summed E-state index contributed by atoms with van der Waals surface area (Å²) < 4.78 is 39.8. The van der Waals surface area contributed by atoms with Crippen LogP contribution in [0.5, 0.6) is 0 Å². The molecule has 0 atom stereocenters. The number of halogens is 4. The number of fused-ring (bicyclic) bond motifs is 1. The largest absolute Gasteiger partial charge is 0.401 e. The van der Waals surface area contributed by atoms with Crippen molar-refractivity contribution >= 4 is 22.6 Å². The SMILES string of the molecule is Cn1c(CN(CC(F)(F)F)C2CC2)nc2cc(Cl)ccc21. The van der Waals surface area contributed by atoms with Crippen molar-refractivity contribution in [3.8, 4) is 0 Å². The van der Waals surface area contributed by atoms with E-state index in [4.69, 9.17) is 11.6 Å². The Morgan fingerprint density at radius 2 is 2.10 bits per heavy atom. The van der Waals surface area contributed by atoms with Gasteiger partial charge in [-0.3, -0.25) is 4.90 Å². The smallest absolute Gasteiger partial charge is 0.330 e. The summed E-state index contributed by atoms with van der Waals surface area (Å²) in [5, 5.41) is 0.571. The second-order valence-electron chi connectivity index (χ2n) is 5.47. The Morgan fingerprint density at radius 1 is 1.38 bits per heavy atom. The summed E-state index contributed by atoms with van der Waals surface area (Å²) in [6.07, 6.45) is -2.53. The molecule has 1 saturated carbocycles. The number of nitrogens with zero attached hydrogens (tertiary/aromatic N) is 3. The molecule has 21 heavy (non-hydrogen) atoms. The van der Waals surface area contributed by atoms with Gasteiger partial charge in [0.25, 0.3) is 0 Å². The highest BCUT2D eigenvalue weighted by Crippen LogP contribution is 2.31. The summed E-state index contributed by atoms with van der Waals surface area (Å²) in [4.78, 5) is 5.88. The van der Waals surface area contributed by atoms with E-state index in [0.717, 1.165) is 18.4 Å². The van der Waals surface area contributed by atoms with Crippen LogP contribution in [0.4, 0.5) is 13.2 Å². The Kier molecular flexibility index (Phi) is 3.61. The maximum atomic E-state index is 12.7. The van der Waals surface area contributed by atoms with E-state index in [-0.39, 0.29) is 12.6 Å². The van der Waals surface area contributed by atoms with Gasteiger partial charge in [0.15, 0.2) is 0 Å². The second kappa shape index (κ2) is 5.18. The summed E-state index contributed by atoms with van der Waals surface area (Å²) in [6.45, 7) is -0.686. The maximum absolute atomic E-state index is 12.7. The highest BCUT2D eigenvalue weighted by Gasteiger charge is 2.38. The zero-order chi connectivity index (χ0) is 15.2. The van der Waals surface area contributed by atoms with E-state index in [1.54, 1.807) is 12.1 Å². The second-order valence-corrected chi connectivity index (χ2v) is 5.91. The average Bonchev–Trinajstić information content (AvgIpc) is 3.15. The van der Waals surface area contributed by atoms with Gasteiger partial charge in [0.2, 0.25) is 0 Å². The molecule has 1 aromatic heterocycles. The molecule has 114 valence electrons. The first-order valence-corrected chi connectivity index (χ1v) is 7.13. The van der Waals surface area contributed by atoms with Gasteiger partial charge in [-0.15, -0.1) is 0 Å². The molecule has 1 heterocycles. The van der Waals surface area contributed by atoms with Crippen LogP contribution in [-0.2, 0) is 13.6 Å². The summed E-state index contributed by atoms with van der Waals surface area (Å²) in [6, 6.07) is 5.34. The molecular formula is C14H15ClF3N3. The third kappa shape index (κ3) is 3.32. The quantitative estimate of drug-likeness (QED) is 0.856. The number of aryl methyl sites for hydroxylation is 1. The van der Waals surface area contributed by atoms with Gasteiger partial charge >= 0.3 is 6.18 Å². The van der Waals surface area contributed by atoms with E-state index >= 15 is 0 Å². The van der Waals surface area contributed by atoms with Gasteiger partial charge in [-0.2, -0.15) is 13.2 Å². The summed E-state index contributed by atoms with van der Waals surface area (Å²) >= 11 is 5.93. The maximum Gasteiger partial charge on any atom is 0.401 e. The minimum atomic E-state index is -4.18. The lowest BCUT2D eigenvalue weighted by molar-refractivity contribution is -0.148. The van der Waals surface area contributed by atoms with Crippen LogP contribution in [0.1, 0.15) is 18.7 Å². The van der Waals surface area contributed by atoms with Crippen LogP contribution in [-0.4, -0.2) is 33.2 Å². The van der Waals surface area contributed by atoms with Crippen LogP contribution >= 0.6 is 11.6 Å². The molecule has 0 radical (unpaired) electrons. The van der Waals surface area contributed by atoms with Crippen LogP contribution in [0, 0.1) is 0 Å². The standard InChI is InChI=1S/C14H15ClF3N3/c1-20-12-5-2-9(15)6-11(12)19-13(20)7-21(10-3-4-10)8-14(16,17)18/h2,5-6,10H,3-4,7-8H2,1H3. The average molecular weight is 318 g/mol. The van der Waals surface area contributed by atoms with Gasteiger partial charge in [0, 0.05) is 18.1 Å². The molecule has 0 unspecified atom stereocenters. The van der Waals surface area contributed by atoms with E-state index in [0.29, 0.717) is 16.4 Å². The molecule has 1 aliphatic rings. The molecule has 3 rings (SSSR count). The van der Waals surface area contributed by atoms with Gasteiger partial charge in [-0.25, -0.2) is 4.98 Å². The Hall–Kier alpha value is -1.27. The van der Waals surface area contributed by atoms with Gasteiger partial charge in [-0.1, -0.05) is 11.6 Å². The number of hydrogen-bond donors (Lipinski definition) is 0. The van der Waals surface area contributed by atoms with E-state index in [1.807, 2.05) is 17.7 Å². The van der Waals surface area contributed by atoms with E-state index in [1.165, 1.54) is 4.90 Å². The van der Waals surface area contributed by atoms with Gasteiger partial charge in [-0.05, 0) is 31.0 Å². The van der Waals surface area contributed by atoms with Gasteiger partial charge in [0.05, 0.1) is 24.1 Å². The van der Waals surface area contributed by atoms with Crippen molar-refractivity contribution in [2.24, 2.45) is 7.05 Å². The lowest BCUT2D eigenvalue weighted by Gasteiger charge is -2.22. The molecule has 0 bridgehead atoms. The lowest BCUT2D eigenvalue weighted by atomic mass is 10.3. The van der Waals surface area contributed by atoms with Crippen molar-refractivity contribution < 1.29 is 13.2 Å². The normalized spacial score (nSPS) is 16.1. The number of imidazole rings is 1. The Balaban J connectivity index is 1.87. The third-order valence-corrected chi connectivity index (χ3v) is 3.96. The number of aromatic nitrogens is 2. The number of benzene rings is 1. The number of rotatable bonds is 4. The molecule has 0 amide bonds. The monoisotopic (exact) mass is 317 g/mol. The van der Waals surface area contributed by atoms with Crippen LogP contribution in [0.15, 0.2) is 18.2 Å². The van der Waals surface area contributed by atoms with Crippen molar-refractivity contribution in [2.45, 2.75) is 31.6 Å². The van der Waals surface area contributed by atoms with Crippen molar-refractivity contribution in [2.75, 3.05) is 6.54 Å². The third-order valence-electron chi connectivity index (χ3n) is 3.73. The molecule has 1 aliphatic carbocycles. The molecule has 3 nitrogen and oxygen atoms in total.